The highest BCUT2D eigenvalue weighted by atomic mass is 35.5. The predicted molar refractivity (Wildman–Crippen MR) is 104 cm³/mol. The molecule has 6 heteroatoms. The zero-order valence-corrected chi connectivity index (χ0v) is 16.2. The number of hydrogen-bond acceptors (Lipinski definition) is 4. The third-order valence-electron chi connectivity index (χ3n) is 4.82. The van der Waals surface area contributed by atoms with Gasteiger partial charge in [0.1, 0.15) is 5.82 Å². The Morgan fingerprint density at radius 2 is 1.62 bits per heavy atom. The summed E-state index contributed by atoms with van der Waals surface area (Å²) in [6.45, 7) is 7.41. The topological polar surface area (TPSA) is 32.3 Å². The van der Waals surface area contributed by atoms with Gasteiger partial charge in [-0.3, -0.25) is 0 Å². The monoisotopic (exact) mass is 387 g/mol. The van der Waals surface area contributed by atoms with Crippen molar-refractivity contribution in [3.8, 4) is 11.4 Å². The summed E-state index contributed by atoms with van der Waals surface area (Å²) >= 11 is 6.39. The second kappa shape index (κ2) is 8.21. The van der Waals surface area contributed by atoms with Gasteiger partial charge in [0.15, 0.2) is 5.82 Å². The highest BCUT2D eigenvalue weighted by Gasteiger charge is 2.20. The summed E-state index contributed by atoms with van der Waals surface area (Å²) in [6, 6.07) is 16.0. The standard InChI is InChI=1S/C20H21ClN4.ClH/c1-2-24-11-13-25(14-12-24)20-16-8-4-6-10-18(16)22-19(23-20)15-7-3-5-9-17(15)21;/h3-10H,2,11-14H2,1H3;1H/p-1. The molecule has 0 aliphatic carbocycles. The summed E-state index contributed by atoms with van der Waals surface area (Å²) < 4.78 is 0. The molecule has 4 rings (SSSR count). The second-order valence-electron chi connectivity index (χ2n) is 6.29. The number of likely N-dealkylation sites (N-methyl/N-ethyl adjacent to an activating group) is 1. The van der Waals surface area contributed by atoms with Crippen LogP contribution in [0.25, 0.3) is 22.3 Å². The molecule has 3 aromatic rings. The van der Waals surface area contributed by atoms with Gasteiger partial charge >= 0.3 is 0 Å². The lowest BCUT2D eigenvalue weighted by Crippen LogP contribution is -3.00. The van der Waals surface area contributed by atoms with Gasteiger partial charge in [-0.15, -0.1) is 0 Å². The van der Waals surface area contributed by atoms with Gasteiger partial charge in [-0.2, -0.15) is 0 Å². The average Bonchev–Trinajstić information content (AvgIpc) is 2.67. The summed E-state index contributed by atoms with van der Waals surface area (Å²) in [6.07, 6.45) is 0. The van der Waals surface area contributed by atoms with Gasteiger partial charge in [-0.25, -0.2) is 9.97 Å². The molecule has 0 spiro atoms. The van der Waals surface area contributed by atoms with Gasteiger partial charge in [0.25, 0.3) is 0 Å². The average molecular weight is 388 g/mol. The van der Waals surface area contributed by atoms with E-state index in [1.54, 1.807) is 0 Å². The van der Waals surface area contributed by atoms with Gasteiger partial charge in [-0.05, 0) is 30.8 Å². The Hall–Kier alpha value is -1.88. The number of para-hydroxylation sites is 1. The van der Waals surface area contributed by atoms with Crippen molar-refractivity contribution in [2.75, 3.05) is 37.6 Å². The highest BCUT2D eigenvalue weighted by Crippen LogP contribution is 2.31. The second-order valence-corrected chi connectivity index (χ2v) is 6.70. The Bertz CT molecular complexity index is 892. The maximum Gasteiger partial charge on any atom is 0.163 e. The lowest BCUT2D eigenvalue weighted by atomic mass is 10.1. The minimum absolute atomic E-state index is 0. The van der Waals surface area contributed by atoms with Crippen LogP contribution in [0.5, 0.6) is 0 Å². The molecule has 0 atom stereocenters. The van der Waals surface area contributed by atoms with Crippen molar-refractivity contribution in [3.63, 3.8) is 0 Å². The largest absolute Gasteiger partial charge is 1.00 e. The Morgan fingerprint density at radius 3 is 2.35 bits per heavy atom. The number of halogens is 2. The molecule has 2 heterocycles. The number of aromatic nitrogens is 2. The Kier molecular flexibility index (Phi) is 5.97. The number of anilines is 1. The Labute approximate surface area is 165 Å². The van der Waals surface area contributed by atoms with E-state index < -0.39 is 0 Å². The van der Waals surface area contributed by atoms with E-state index in [1.165, 1.54) is 0 Å². The van der Waals surface area contributed by atoms with E-state index in [2.05, 4.69) is 22.8 Å². The summed E-state index contributed by atoms with van der Waals surface area (Å²) in [4.78, 5) is 14.5. The number of fused-ring (bicyclic) bond motifs is 1. The molecule has 2 aromatic carbocycles. The number of nitrogens with zero attached hydrogens (tertiary/aromatic N) is 4. The zero-order chi connectivity index (χ0) is 17.2. The molecular formula is C20H21Cl2N4-. The molecule has 1 fully saturated rings. The number of rotatable bonds is 3. The Balaban J connectivity index is 0.00000196. The van der Waals surface area contributed by atoms with Crippen LogP contribution in [0, 0.1) is 0 Å². The van der Waals surface area contributed by atoms with Crippen LogP contribution < -0.4 is 17.3 Å². The van der Waals surface area contributed by atoms with Crippen LogP contribution in [0.3, 0.4) is 0 Å². The predicted octanol–water partition coefficient (Wildman–Crippen LogP) is 1.10. The molecule has 0 saturated carbocycles. The van der Waals surface area contributed by atoms with E-state index in [9.17, 15) is 0 Å². The normalized spacial score (nSPS) is 15.1. The third-order valence-corrected chi connectivity index (χ3v) is 5.15. The van der Waals surface area contributed by atoms with Crippen LogP contribution in [0.1, 0.15) is 6.92 Å². The summed E-state index contributed by atoms with van der Waals surface area (Å²) in [5.41, 5.74) is 1.84. The Morgan fingerprint density at radius 1 is 0.923 bits per heavy atom. The first-order valence-electron chi connectivity index (χ1n) is 8.75. The SMILES string of the molecule is CCN1CCN(c2nc(-c3ccccc3Cl)nc3ccccc23)CC1.[Cl-]. The summed E-state index contributed by atoms with van der Waals surface area (Å²) in [5, 5.41) is 1.78. The molecule has 0 unspecified atom stereocenters. The van der Waals surface area contributed by atoms with Crippen molar-refractivity contribution in [1.82, 2.24) is 14.9 Å². The first-order chi connectivity index (χ1) is 12.3. The maximum absolute atomic E-state index is 6.39. The van der Waals surface area contributed by atoms with E-state index >= 15 is 0 Å². The van der Waals surface area contributed by atoms with Crippen molar-refractivity contribution in [2.24, 2.45) is 0 Å². The molecule has 4 nitrogen and oxygen atoms in total. The van der Waals surface area contributed by atoms with Crippen molar-refractivity contribution >= 4 is 28.3 Å². The fraction of sp³-hybridized carbons (Fsp3) is 0.300. The van der Waals surface area contributed by atoms with Crippen LogP contribution in [0.15, 0.2) is 48.5 Å². The van der Waals surface area contributed by atoms with E-state index in [4.69, 9.17) is 21.6 Å². The molecule has 1 aliphatic rings. The molecule has 1 aromatic heterocycles. The van der Waals surface area contributed by atoms with E-state index in [0.717, 1.165) is 55.0 Å². The number of benzene rings is 2. The van der Waals surface area contributed by atoms with Gasteiger partial charge in [0.05, 0.1) is 10.5 Å². The first kappa shape index (κ1) is 18.9. The molecule has 1 aliphatic heterocycles. The fourth-order valence-corrected chi connectivity index (χ4v) is 3.56. The van der Waals surface area contributed by atoms with E-state index in [0.29, 0.717) is 10.8 Å². The van der Waals surface area contributed by atoms with Gasteiger partial charge in [-0.1, -0.05) is 42.8 Å². The molecule has 0 amide bonds. The van der Waals surface area contributed by atoms with Crippen molar-refractivity contribution in [2.45, 2.75) is 6.92 Å². The smallest absolute Gasteiger partial charge is 0.163 e. The van der Waals surface area contributed by atoms with Gasteiger partial charge in [0.2, 0.25) is 0 Å². The lowest BCUT2D eigenvalue weighted by Gasteiger charge is -2.35. The van der Waals surface area contributed by atoms with E-state index in [1.807, 2.05) is 42.5 Å². The molecule has 26 heavy (non-hydrogen) atoms. The molecular weight excluding hydrogens is 367 g/mol. The zero-order valence-electron chi connectivity index (χ0n) is 14.7. The quantitative estimate of drug-likeness (QED) is 0.673. The third kappa shape index (κ3) is 3.63. The molecule has 0 N–H and O–H groups in total. The van der Waals surface area contributed by atoms with Crippen LogP contribution in [0.4, 0.5) is 5.82 Å². The van der Waals surface area contributed by atoms with Crippen LogP contribution in [-0.4, -0.2) is 47.6 Å². The fourth-order valence-electron chi connectivity index (χ4n) is 3.34. The van der Waals surface area contributed by atoms with Crippen LogP contribution in [-0.2, 0) is 0 Å². The highest BCUT2D eigenvalue weighted by molar-refractivity contribution is 6.33. The van der Waals surface area contributed by atoms with Crippen LogP contribution in [0.2, 0.25) is 5.02 Å². The molecule has 1 saturated heterocycles. The van der Waals surface area contributed by atoms with Crippen molar-refractivity contribution < 1.29 is 12.4 Å². The maximum atomic E-state index is 6.39. The molecule has 0 radical (unpaired) electrons. The minimum atomic E-state index is 0. The van der Waals surface area contributed by atoms with Gasteiger partial charge < -0.3 is 22.2 Å². The van der Waals surface area contributed by atoms with Crippen molar-refractivity contribution in [1.29, 1.82) is 0 Å². The molecule has 0 bridgehead atoms. The summed E-state index contributed by atoms with van der Waals surface area (Å²) in [5.74, 6) is 1.70. The van der Waals surface area contributed by atoms with E-state index in [-0.39, 0.29) is 12.4 Å². The minimum Gasteiger partial charge on any atom is -1.00 e. The van der Waals surface area contributed by atoms with Crippen LogP contribution >= 0.6 is 11.6 Å². The molecule has 136 valence electrons. The summed E-state index contributed by atoms with van der Waals surface area (Å²) in [7, 11) is 0. The number of piperazine rings is 1. The first-order valence-corrected chi connectivity index (χ1v) is 9.13. The lowest BCUT2D eigenvalue weighted by molar-refractivity contribution is -0.00000504. The van der Waals surface area contributed by atoms with Crippen molar-refractivity contribution in [3.05, 3.63) is 53.6 Å². The van der Waals surface area contributed by atoms with Gasteiger partial charge in [0, 0.05) is 37.1 Å². The number of hydrogen-bond donors (Lipinski definition) is 0.